The number of carboxylic acid groups (broad SMARTS) is 1. The van der Waals surface area contributed by atoms with Gasteiger partial charge in [-0.1, -0.05) is 62.6 Å². The van der Waals surface area contributed by atoms with Crippen LogP contribution in [-0.4, -0.2) is 23.1 Å². The number of hydrogen-bond donors (Lipinski definition) is 2. The molecule has 0 aromatic heterocycles. The SMILES string of the molecule is CCCCCCOC1(c2ccccc2)C(C(=O)O)=C1c1ccc(N)cc1CC(C)Cl. The molecule has 1 aliphatic carbocycles. The molecular formula is C25H30ClNO3. The largest absolute Gasteiger partial charge is 0.478 e. The Hall–Kier alpha value is -2.30. The van der Waals surface area contributed by atoms with E-state index in [4.69, 9.17) is 22.1 Å². The Morgan fingerprint density at radius 2 is 1.90 bits per heavy atom. The average Bonchev–Trinajstić information content (AvgIpc) is 3.38. The zero-order valence-electron chi connectivity index (χ0n) is 17.7. The molecule has 0 aliphatic heterocycles. The van der Waals surface area contributed by atoms with Gasteiger partial charge in [0, 0.05) is 23.2 Å². The van der Waals surface area contributed by atoms with Crippen molar-refractivity contribution in [3.8, 4) is 0 Å². The van der Waals surface area contributed by atoms with Crippen LogP contribution in [0.15, 0.2) is 54.1 Å². The number of alkyl halides is 1. The fraction of sp³-hybridized carbons (Fsp3) is 0.400. The lowest BCUT2D eigenvalue weighted by molar-refractivity contribution is -0.133. The lowest BCUT2D eigenvalue weighted by atomic mass is 9.93. The molecule has 0 amide bonds. The highest BCUT2D eigenvalue weighted by Crippen LogP contribution is 2.61. The Morgan fingerprint density at radius 3 is 2.53 bits per heavy atom. The van der Waals surface area contributed by atoms with Gasteiger partial charge in [-0.25, -0.2) is 4.79 Å². The first-order chi connectivity index (χ1) is 14.4. The van der Waals surface area contributed by atoms with Crippen LogP contribution >= 0.6 is 11.6 Å². The smallest absolute Gasteiger partial charge is 0.335 e. The van der Waals surface area contributed by atoms with Crippen LogP contribution in [0, 0.1) is 0 Å². The number of rotatable bonds is 11. The molecular weight excluding hydrogens is 398 g/mol. The predicted octanol–water partition coefficient (Wildman–Crippen LogP) is 5.78. The highest BCUT2D eigenvalue weighted by Gasteiger charge is 2.60. The van der Waals surface area contributed by atoms with Crippen molar-refractivity contribution in [1.29, 1.82) is 0 Å². The minimum atomic E-state index is -1.03. The van der Waals surface area contributed by atoms with Gasteiger partial charge < -0.3 is 15.6 Å². The summed E-state index contributed by atoms with van der Waals surface area (Å²) in [6.07, 6.45) is 4.84. The molecule has 2 atom stereocenters. The van der Waals surface area contributed by atoms with Gasteiger partial charge in [0.1, 0.15) is 0 Å². The van der Waals surface area contributed by atoms with E-state index in [0.29, 0.717) is 29.9 Å². The molecule has 3 rings (SSSR count). The number of carboxylic acids is 1. The number of hydrogen-bond acceptors (Lipinski definition) is 3. The van der Waals surface area contributed by atoms with Crippen molar-refractivity contribution in [2.24, 2.45) is 0 Å². The van der Waals surface area contributed by atoms with Gasteiger partial charge >= 0.3 is 5.97 Å². The van der Waals surface area contributed by atoms with Gasteiger partial charge in [0.15, 0.2) is 5.60 Å². The molecule has 2 aromatic carbocycles. The second kappa shape index (κ2) is 9.67. The molecule has 0 heterocycles. The zero-order valence-corrected chi connectivity index (χ0v) is 18.4. The van der Waals surface area contributed by atoms with Crippen LogP contribution in [0.25, 0.3) is 5.57 Å². The molecule has 0 saturated carbocycles. The maximum absolute atomic E-state index is 12.3. The topological polar surface area (TPSA) is 72.5 Å². The summed E-state index contributed by atoms with van der Waals surface area (Å²) in [6.45, 7) is 4.59. The van der Waals surface area contributed by atoms with Crippen LogP contribution in [-0.2, 0) is 21.6 Å². The minimum Gasteiger partial charge on any atom is -0.478 e. The van der Waals surface area contributed by atoms with Crippen molar-refractivity contribution < 1.29 is 14.6 Å². The van der Waals surface area contributed by atoms with E-state index in [9.17, 15) is 9.90 Å². The number of nitrogen functional groups attached to an aromatic ring is 1. The quantitative estimate of drug-likeness (QED) is 0.270. The molecule has 0 fully saturated rings. The predicted molar refractivity (Wildman–Crippen MR) is 123 cm³/mol. The van der Waals surface area contributed by atoms with E-state index in [1.807, 2.05) is 49.4 Å². The first-order valence-corrected chi connectivity index (χ1v) is 11.1. The average molecular weight is 428 g/mol. The fourth-order valence-electron chi connectivity index (χ4n) is 4.12. The lowest BCUT2D eigenvalue weighted by Gasteiger charge is -2.23. The highest BCUT2D eigenvalue weighted by atomic mass is 35.5. The van der Waals surface area contributed by atoms with E-state index < -0.39 is 11.6 Å². The van der Waals surface area contributed by atoms with Crippen LogP contribution in [0.5, 0.6) is 0 Å². The third-order valence-electron chi connectivity index (χ3n) is 5.50. The van der Waals surface area contributed by atoms with E-state index in [0.717, 1.165) is 42.4 Å². The molecule has 2 unspecified atom stereocenters. The minimum absolute atomic E-state index is 0.0979. The first-order valence-electron chi connectivity index (χ1n) is 10.6. The van der Waals surface area contributed by atoms with Crippen molar-refractivity contribution in [1.82, 2.24) is 0 Å². The molecule has 1 aliphatic rings. The summed E-state index contributed by atoms with van der Waals surface area (Å²) in [5.41, 5.74) is 9.28. The van der Waals surface area contributed by atoms with Gasteiger partial charge in [0.2, 0.25) is 0 Å². The summed E-state index contributed by atoms with van der Waals surface area (Å²) in [7, 11) is 0. The normalized spacial score (nSPS) is 19.0. The number of halogens is 1. The highest BCUT2D eigenvalue weighted by molar-refractivity contribution is 6.20. The van der Waals surface area contributed by atoms with E-state index in [2.05, 4.69) is 6.92 Å². The number of unbranched alkanes of at least 4 members (excludes halogenated alkanes) is 3. The Kier molecular flexibility index (Phi) is 7.22. The van der Waals surface area contributed by atoms with Crippen LogP contribution in [0.1, 0.15) is 56.2 Å². The molecule has 2 aromatic rings. The number of carbonyl (C=O) groups is 1. The Morgan fingerprint density at radius 1 is 1.17 bits per heavy atom. The van der Waals surface area contributed by atoms with Crippen molar-refractivity contribution in [2.45, 2.75) is 56.9 Å². The molecule has 0 saturated heterocycles. The Bertz CT molecular complexity index is 923. The molecule has 4 nitrogen and oxygen atoms in total. The van der Waals surface area contributed by atoms with Gasteiger partial charge in [-0.2, -0.15) is 0 Å². The van der Waals surface area contributed by atoms with Gasteiger partial charge in [-0.15, -0.1) is 11.6 Å². The maximum Gasteiger partial charge on any atom is 0.335 e. The van der Waals surface area contributed by atoms with Crippen LogP contribution < -0.4 is 5.73 Å². The summed E-state index contributed by atoms with van der Waals surface area (Å²) >= 11 is 6.28. The zero-order chi connectivity index (χ0) is 21.7. The molecule has 3 N–H and O–H groups in total. The van der Waals surface area contributed by atoms with Crippen molar-refractivity contribution in [3.63, 3.8) is 0 Å². The summed E-state index contributed by atoms with van der Waals surface area (Å²) in [5.74, 6) is -0.955. The number of nitrogens with two attached hydrogens (primary N) is 1. The van der Waals surface area contributed by atoms with Crippen LogP contribution in [0.4, 0.5) is 5.69 Å². The van der Waals surface area contributed by atoms with Crippen molar-refractivity contribution in [3.05, 3.63) is 70.8 Å². The van der Waals surface area contributed by atoms with E-state index in [1.54, 1.807) is 6.07 Å². The maximum atomic E-state index is 12.3. The summed E-state index contributed by atoms with van der Waals surface area (Å²) < 4.78 is 6.39. The van der Waals surface area contributed by atoms with Crippen LogP contribution in [0.2, 0.25) is 0 Å². The molecule has 5 heteroatoms. The molecule has 0 spiro atoms. The van der Waals surface area contributed by atoms with Crippen LogP contribution in [0.3, 0.4) is 0 Å². The van der Waals surface area contributed by atoms with Gasteiger partial charge in [0.05, 0.1) is 5.57 Å². The molecule has 0 bridgehead atoms. The number of ether oxygens (including phenoxy) is 1. The second-order valence-electron chi connectivity index (χ2n) is 7.91. The monoisotopic (exact) mass is 427 g/mol. The summed E-state index contributed by atoms with van der Waals surface area (Å²) in [5, 5.41) is 9.96. The third kappa shape index (κ3) is 4.55. The van der Waals surface area contributed by atoms with Crippen molar-refractivity contribution in [2.75, 3.05) is 12.3 Å². The first kappa shape index (κ1) is 22.4. The molecule has 160 valence electrons. The Labute approximate surface area is 183 Å². The summed E-state index contributed by atoms with van der Waals surface area (Å²) in [6, 6.07) is 15.2. The fourth-order valence-corrected chi connectivity index (χ4v) is 4.28. The second-order valence-corrected chi connectivity index (χ2v) is 8.66. The third-order valence-corrected chi connectivity index (χ3v) is 5.66. The molecule has 0 radical (unpaired) electrons. The van der Waals surface area contributed by atoms with Gasteiger partial charge in [-0.05, 0) is 48.6 Å². The Balaban J connectivity index is 2.03. The standard InChI is InChI=1S/C25H30ClNO3/c1-3-4-5-9-14-30-25(19-10-7-6-8-11-19)22(23(25)24(28)29)21-13-12-20(27)16-18(21)15-17(2)26/h6-8,10-13,16-17H,3-5,9,14-15,27H2,1-2H3,(H,28,29). The summed E-state index contributed by atoms with van der Waals surface area (Å²) in [4.78, 5) is 12.3. The van der Waals surface area contributed by atoms with E-state index >= 15 is 0 Å². The van der Waals surface area contributed by atoms with E-state index in [-0.39, 0.29) is 5.38 Å². The van der Waals surface area contributed by atoms with Gasteiger partial charge in [0.25, 0.3) is 0 Å². The number of aliphatic carboxylic acids is 1. The number of benzene rings is 2. The molecule has 30 heavy (non-hydrogen) atoms. The van der Waals surface area contributed by atoms with Gasteiger partial charge in [-0.3, -0.25) is 0 Å². The van der Waals surface area contributed by atoms with Crippen molar-refractivity contribution >= 4 is 28.8 Å². The van der Waals surface area contributed by atoms with E-state index in [1.165, 1.54) is 0 Å². The lowest BCUT2D eigenvalue weighted by Crippen LogP contribution is -2.22. The number of anilines is 1.